The summed E-state index contributed by atoms with van der Waals surface area (Å²) in [5, 5.41) is 23.2. The zero-order valence-corrected chi connectivity index (χ0v) is 22.5. The maximum absolute atomic E-state index is 13.2. The topological polar surface area (TPSA) is 99.1 Å². The lowest BCUT2D eigenvalue weighted by molar-refractivity contribution is -0.138. The van der Waals surface area contributed by atoms with Crippen LogP contribution in [-0.4, -0.2) is 64.9 Å². The number of aliphatic hydroxyl groups excluding tert-OH is 2. The molecule has 2 amide bonds. The minimum Gasteiger partial charge on any atom is -0.482 e. The van der Waals surface area contributed by atoms with Gasteiger partial charge in [0.15, 0.2) is 0 Å². The molecular formula is C26H39IN2O5. The second kappa shape index (κ2) is 15.4. The minimum atomic E-state index is -0.970. The second-order valence-corrected chi connectivity index (χ2v) is 9.86. The number of benzene rings is 1. The van der Waals surface area contributed by atoms with E-state index < -0.39 is 18.2 Å². The molecule has 7 nitrogen and oxygen atoms in total. The van der Waals surface area contributed by atoms with Crippen molar-refractivity contribution in [1.29, 1.82) is 0 Å². The Labute approximate surface area is 217 Å². The average Bonchev–Trinajstić information content (AvgIpc) is 2.84. The Morgan fingerprint density at radius 1 is 1.15 bits per heavy atom. The number of hydrogen-bond donors (Lipinski definition) is 3. The van der Waals surface area contributed by atoms with E-state index in [-0.39, 0.29) is 31.4 Å². The third-order valence-corrected chi connectivity index (χ3v) is 6.92. The van der Waals surface area contributed by atoms with Crippen LogP contribution in [0, 0.1) is 3.57 Å². The molecule has 3 atom stereocenters. The number of nitrogens with zero attached hydrogens (tertiary/aromatic N) is 1. The molecule has 1 aliphatic rings. The molecule has 34 heavy (non-hydrogen) atoms. The summed E-state index contributed by atoms with van der Waals surface area (Å²) < 4.78 is 7.06. The van der Waals surface area contributed by atoms with E-state index in [1.54, 1.807) is 11.0 Å². The number of nitrogens with one attached hydrogen (secondary N) is 1. The highest BCUT2D eigenvalue weighted by Crippen LogP contribution is 2.30. The van der Waals surface area contributed by atoms with Crippen LogP contribution in [0.25, 0.3) is 0 Å². The van der Waals surface area contributed by atoms with Crippen molar-refractivity contribution in [2.24, 2.45) is 0 Å². The Morgan fingerprint density at radius 3 is 2.56 bits per heavy atom. The van der Waals surface area contributed by atoms with Gasteiger partial charge in [-0.25, -0.2) is 0 Å². The van der Waals surface area contributed by atoms with Crippen LogP contribution in [0.3, 0.4) is 0 Å². The number of amides is 2. The van der Waals surface area contributed by atoms with Gasteiger partial charge >= 0.3 is 0 Å². The van der Waals surface area contributed by atoms with E-state index in [2.05, 4.69) is 34.8 Å². The van der Waals surface area contributed by atoms with Gasteiger partial charge in [0.05, 0.1) is 16.2 Å². The summed E-state index contributed by atoms with van der Waals surface area (Å²) in [7, 11) is 0. The number of carbonyl (C=O) groups is 2. The number of aliphatic hydroxyl groups is 2. The minimum absolute atomic E-state index is 0.00690. The predicted octanol–water partition coefficient (Wildman–Crippen LogP) is 3.81. The number of para-hydroxylation sites is 1. The number of hydrogen-bond acceptors (Lipinski definition) is 5. The first kappa shape index (κ1) is 28.6. The smallest absolute Gasteiger partial charge is 0.247 e. The lowest BCUT2D eigenvalue weighted by atomic mass is 9.87. The van der Waals surface area contributed by atoms with Crippen LogP contribution in [-0.2, 0) is 9.59 Å². The molecule has 1 aliphatic carbocycles. The lowest BCUT2D eigenvalue weighted by Crippen LogP contribution is -2.55. The summed E-state index contributed by atoms with van der Waals surface area (Å²) in [6.45, 7) is 4.72. The van der Waals surface area contributed by atoms with Crippen molar-refractivity contribution in [1.82, 2.24) is 10.2 Å². The number of halogens is 1. The van der Waals surface area contributed by atoms with E-state index in [1.807, 2.05) is 31.2 Å². The van der Waals surface area contributed by atoms with Gasteiger partial charge in [-0.15, -0.1) is 0 Å². The molecule has 0 aromatic heterocycles. The van der Waals surface area contributed by atoms with Crippen LogP contribution in [0.1, 0.15) is 65.2 Å². The molecule has 0 saturated carbocycles. The average molecular weight is 587 g/mol. The van der Waals surface area contributed by atoms with Gasteiger partial charge in [0.25, 0.3) is 0 Å². The van der Waals surface area contributed by atoms with Gasteiger partial charge in [0, 0.05) is 31.5 Å². The quantitative estimate of drug-likeness (QED) is 0.228. The van der Waals surface area contributed by atoms with Gasteiger partial charge in [-0.1, -0.05) is 51.7 Å². The first-order chi connectivity index (χ1) is 16.4. The van der Waals surface area contributed by atoms with Crippen molar-refractivity contribution >= 4 is 34.4 Å². The second-order valence-electron chi connectivity index (χ2n) is 8.70. The summed E-state index contributed by atoms with van der Waals surface area (Å²) in [6, 6.07) is 6.94. The van der Waals surface area contributed by atoms with Gasteiger partial charge in [-0.2, -0.15) is 0 Å². The molecule has 0 saturated heterocycles. The molecule has 8 heteroatoms. The molecule has 1 aromatic carbocycles. The molecule has 0 heterocycles. The van der Waals surface area contributed by atoms with E-state index in [4.69, 9.17) is 9.84 Å². The number of carbonyl (C=O) groups excluding carboxylic acids is 2. The van der Waals surface area contributed by atoms with E-state index >= 15 is 0 Å². The van der Waals surface area contributed by atoms with Crippen molar-refractivity contribution in [3.63, 3.8) is 0 Å². The van der Waals surface area contributed by atoms with Crippen LogP contribution in [0.15, 0.2) is 35.9 Å². The van der Waals surface area contributed by atoms with Crippen molar-refractivity contribution in [3.8, 4) is 5.75 Å². The summed E-state index contributed by atoms with van der Waals surface area (Å²) in [5.74, 6) is 0.313. The Morgan fingerprint density at radius 2 is 1.88 bits per heavy atom. The van der Waals surface area contributed by atoms with Gasteiger partial charge in [-0.05, 0) is 53.6 Å². The fourth-order valence-electron chi connectivity index (χ4n) is 4.12. The molecular weight excluding hydrogens is 547 g/mol. The Bertz CT molecular complexity index is 816. The van der Waals surface area contributed by atoms with E-state index in [0.717, 1.165) is 42.1 Å². The summed E-state index contributed by atoms with van der Waals surface area (Å²) in [6.07, 6.45) is 6.33. The van der Waals surface area contributed by atoms with E-state index in [0.29, 0.717) is 24.3 Å². The van der Waals surface area contributed by atoms with E-state index in [1.165, 1.54) is 0 Å². The fraction of sp³-hybridized carbons (Fsp3) is 0.615. The number of ether oxygens (including phenoxy) is 1. The molecule has 0 bridgehead atoms. The van der Waals surface area contributed by atoms with Gasteiger partial charge in [0.1, 0.15) is 18.0 Å². The zero-order chi connectivity index (χ0) is 24.9. The monoisotopic (exact) mass is 586 g/mol. The van der Waals surface area contributed by atoms with Crippen LogP contribution in [0.4, 0.5) is 0 Å². The first-order valence-electron chi connectivity index (χ1n) is 12.4. The van der Waals surface area contributed by atoms with Gasteiger partial charge < -0.3 is 25.2 Å². The van der Waals surface area contributed by atoms with Gasteiger partial charge in [0.2, 0.25) is 11.8 Å². The van der Waals surface area contributed by atoms with Crippen LogP contribution in [0.2, 0.25) is 0 Å². The third-order valence-electron chi connectivity index (χ3n) is 6.03. The first-order valence-corrected chi connectivity index (χ1v) is 13.5. The highest BCUT2D eigenvalue weighted by atomic mass is 127. The molecule has 0 spiro atoms. The van der Waals surface area contributed by atoms with Crippen molar-refractivity contribution in [2.75, 3.05) is 19.7 Å². The molecule has 190 valence electrons. The Hall–Kier alpha value is -1.65. The van der Waals surface area contributed by atoms with Gasteiger partial charge in [-0.3, -0.25) is 9.59 Å². The van der Waals surface area contributed by atoms with Crippen LogP contribution < -0.4 is 10.1 Å². The van der Waals surface area contributed by atoms with E-state index in [9.17, 15) is 14.7 Å². The van der Waals surface area contributed by atoms with Crippen LogP contribution in [0.5, 0.6) is 5.75 Å². The Kier molecular flexibility index (Phi) is 12.9. The maximum atomic E-state index is 13.2. The number of unbranched alkanes of at least 4 members (excludes halogenated alkanes) is 4. The molecule has 1 aromatic rings. The summed E-state index contributed by atoms with van der Waals surface area (Å²) in [5.41, 5.74) is 0.460. The summed E-state index contributed by atoms with van der Waals surface area (Å²) >= 11 is 2.17. The van der Waals surface area contributed by atoms with Crippen molar-refractivity contribution in [3.05, 3.63) is 39.5 Å². The SMILES string of the molecule is CCCCCCN(C(=O)CCCC)[C@@H]1CC(C(=O)NCCO)=C[C@H](Oc2ccccc2I)[C@H]1O. The standard InChI is InChI=1S/C26H39IN2O5/c1-3-5-7-10-15-29(24(31)13-6-4-2)21-17-19(26(33)28-14-16-30)18-23(25(21)32)34-22-12-9-8-11-20(22)27/h8-9,11-12,18,21,23,25,30,32H,3-7,10,13-17H2,1-2H3,(H,28,33)/t21-,23+,25+/m1/s1. The molecule has 0 radical (unpaired) electrons. The zero-order valence-electron chi connectivity index (χ0n) is 20.3. The summed E-state index contributed by atoms with van der Waals surface area (Å²) in [4.78, 5) is 27.8. The highest BCUT2D eigenvalue weighted by molar-refractivity contribution is 14.1. The number of rotatable bonds is 14. The molecule has 2 rings (SSSR count). The third kappa shape index (κ3) is 8.53. The molecule has 0 unspecified atom stereocenters. The Balaban J connectivity index is 2.33. The van der Waals surface area contributed by atoms with Crippen molar-refractivity contribution in [2.45, 2.75) is 83.5 Å². The maximum Gasteiger partial charge on any atom is 0.247 e. The fourth-order valence-corrected chi connectivity index (χ4v) is 4.64. The normalized spacial score (nSPS) is 19.9. The molecule has 0 aliphatic heterocycles. The molecule has 0 fully saturated rings. The molecule has 3 N–H and O–H groups in total. The predicted molar refractivity (Wildman–Crippen MR) is 142 cm³/mol. The van der Waals surface area contributed by atoms with Crippen LogP contribution >= 0.6 is 22.6 Å². The highest BCUT2D eigenvalue weighted by Gasteiger charge is 2.40. The largest absolute Gasteiger partial charge is 0.482 e. The lowest BCUT2D eigenvalue weighted by Gasteiger charge is -2.40. The van der Waals surface area contributed by atoms with Crippen molar-refractivity contribution < 1.29 is 24.5 Å².